The number of carbonyl (C=O) groups is 1. The lowest BCUT2D eigenvalue weighted by Gasteiger charge is -2.27. The van der Waals surface area contributed by atoms with Crippen LogP contribution in [-0.2, 0) is 6.18 Å². The Kier molecular flexibility index (Phi) is 6.09. The average Bonchev–Trinajstić information content (AvgIpc) is 3.18. The molecule has 1 aliphatic rings. The summed E-state index contributed by atoms with van der Waals surface area (Å²) < 4.78 is 43.5. The van der Waals surface area contributed by atoms with Gasteiger partial charge in [-0.2, -0.15) is 18.4 Å². The zero-order valence-corrected chi connectivity index (χ0v) is 17.7. The Labute approximate surface area is 174 Å². The highest BCUT2D eigenvalue weighted by molar-refractivity contribution is 6.01. The molecule has 160 valence electrons. The summed E-state index contributed by atoms with van der Waals surface area (Å²) in [5.74, 6) is -0.498. The largest absolute Gasteiger partial charge is 0.418 e. The predicted molar refractivity (Wildman–Crippen MR) is 109 cm³/mol. The summed E-state index contributed by atoms with van der Waals surface area (Å²) in [6.45, 7) is 6.99. The molecule has 2 unspecified atom stereocenters. The maximum atomic E-state index is 14.0. The van der Waals surface area contributed by atoms with Crippen LogP contribution in [0.25, 0.3) is 5.69 Å². The van der Waals surface area contributed by atoms with Crippen LogP contribution >= 0.6 is 0 Å². The Balaban J connectivity index is 2.09. The van der Waals surface area contributed by atoms with Gasteiger partial charge in [0.15, 0.2) is 5.78 Å². The summed E-state index contributed by atoms with van der Waals surface area (Å²) in [5.41, 5.74) is 0.0493. The van der Waals surface area contributed by atoms with Crippen LogP contribution in [0.5, 0.6) is 0 Å². The molecule has 0 aliphatic carbocycles. The molecule has 2 aromatic rings. The van der Waals surface area contributed by atoms with E-state index >= 15 is 0 Å². The van der Waals surface area contributed by atoms with E-state index in [9.17, 15) is 18.0 Å². The van der Waals surface area contributed by atoms with Crippen molar-refractivity contribution in [3.8, 4) is 11.8 Å². The first-order chi connectivity index (χ1) is 14.1. The molecule has 7 heteroatoms. The van der Waals surface area contributed by atoms with Crippen LogP contribution in [-0.4, -0.2) is 33.9 Å². The lowest BCUT2D eigenvalue weighted by Crippen LogP contribution is -2.38. The first kappa shape index (κ1) is 22.1. The molecule has 0 N–H and O–H groups in total. The Morgan fingerprint density at radius 3 is 2.33 bits per heavy atom. The molecule has 3 rings (SSSR count). The van der Waals surface area contributed by atoms with E-state index in [2.05, 4.69) is 0 Å². The first-order valence-corrected chi connectivity index (χ1v) is 10.2. The Morgan fingerprint density at radius 2 is 1.80 bits per heavy atom. The number of likely N-dealkylation sites (tertiary alicyclic amines) is 1. The SMILES string of the molecule is CCC1CCC(C)N1CC(=O)c1c(C(F)(F)F)c(C)n(-c2ccc(C#N)cc2)c1C. The van der Waals surface area contributed by atoms with Gasteiger partial charge in [0, 0.05) is 29.2 Å². The summed E-state index contributed by atoms with van der Waals surface area (Å²) in [7, 11) is 0. The third kappa shape index (κ3) is 3.89. The van der Waals surface area contributed by atoms with E-state index in [1.807, 2.05) is 24.8 Å². The van der Waals surface area contributed by atoms with E-state index in [1.54, 1.807) is 31.2 Å². The number of carbonyl (C=O) groups excluding carboxylic acids is 1. The highest BCUT2D eigenvalue weighted by atomic mass is 19.4. The van der Waals surface area contributed by atoms with Gasteiger partial charge in [0.05, 0.1) is 29.3 Å². The topological polar surface area (TPSA) is 49.0 Å². The van der Waals surface area contributed by atoms with Crippen molar-refractivity contribution in [2.75, 3.05) is 6.54 Å². The number of alkyl halides is 3. The summed E-state index contributed by atoms with van der Waals surface area (Å²) in [5, 5.41) is 8.98. The maximum absolute atomic E-state index is 14.0. The normalized spacial score (nSPS) is 19.8. The minimum atomic E-state index is -4.64. The molecule has 2 heterocycles. The van der Waals surface area contributed by atoms with Gasteiger partial charge in [-0.1, -0.05) is 6.92 Å². The number of ketones is 1. The van der Waals surface area contributed by atoms with Gasteiger partial charge in [-0.25, -0.2) is 0 Å². The van der Waals surface area contributed by atoms with Crippen molar-refractivity contribution < 1.29 is 18.0 Å². The second-order valence-electron chi connectivity index (χ2n) is 8.00. The van der Waals surface area contributed by atoms with Gasteiger partial charge >= 0.3 is 6.18 Å². The minimum absolute atomic E-state index is 0.0135. The lowest BCUT2D eigenvalue weighted by atomic mass is 10.0. The molecule has 30 heavy (non-hydrogen) atoms. The van der Waals surface area contributed by atoms with Gasteiger partial charge in [0.1, 0.15) is 0 Å². The number of nitriles is 1. The molecule has 2 atom stereocenters. The van der Waals surface area contributed by atoms with E-state index < -0.39 is 17.5 Å². The molecule has 0 radical (unpaired) electrons. The van der Waals surface area contributed by atoms with Crippen molar-refractivity contribution in [1.82, 2.24) is 9.47 Å². The molecule has 1 aromatic heterocycles. The van der Waals surface area contributed by atoms with Crippen molar-refractivity contribution in [1.29, 1.82) is 5.26 Å². The molecule has 1 saturated heterocycles. The zero-order valence-electron chi connectivity index (χ0n) is 17.7. The van der Waals surface area contributed by atoms with Crippen LogP contribution in [0.15, 0.2) is 24.3 Å². The third-order valence-electron chi connectivity index (χ3n) is 6.21. The second-order valence-corrected chi connectivity index (χ2v) is 8.00. The van der Waals surface area contributed by atoms with E-state index in [4.69, 9.17) is 5.26 Å². The van der Waals surface area contributed by atoms with E-state index in [-0.39, 0.29) is 35.6 Å². The van der Waals surface area contributed by atoms with Crippen LogP contribution < -0.4 is 0 Å². The van der Waals surface area contributed by atoms with Crippen LogP contribution in [0.2, 0.25) is 0 Å². The number of hydrogen-bond acceptors (Lipinski definition) is 3. The molecule has 4 nitrogen and oxygen atoms in total. The van der Waals surface area contributed by atoms with Crippen LogP contribution in [0.1, 0.15) is 66.0 Å². The number of benzene rings is 1. The average molecular weight is 417 g/mol. The fraction of sp³-hybridized carbons (Fsp3) is 0.478. The Bertz CT molecular complexity index is 983. The quantitative estimate of drug-likeness (QED) is 0.610. The van der Waals surface area contributed by atoms with Gasteiger partial charge in [-0.05, 0) is 64.3 Å². The molecular formula is C23H26F3N3O. The van der Waals surface area contributed by atoms with Crippen LogP contribution in [0.3, 0.4) is 0 Å². The molecule has 0 bridgehead atoms. The number of Topliss-reactive ketones (excluding diaryl/α,β-unsaturated/α-hetero) is 1. The van der Waals surface area contributed by atoms with Crippen LogP contribution in [0.4, 0.5) is 13.2 Å². The number of nitrogens with zero attached hydrogens (tertiary/aromatic N) is 3. The van der Waals surface area contributed by atoms with Gasteiger partial charge in [0.2, 0.25) is 0 Å². The van der Waals surface area contributed by atoms with Crippen molar-refractivity contribution >= 4 is 5.78 Å². The fourth-order valence-corrected chi connectivity index (χ4v) is 4.69. The molecule has 1 fully saturated rings. The molecule has 0 amide bonds. The van der Waals surface area contributed by atoms with Crippen LogP contribution in [0, 0.1) is 25.2 Å². The van der Waals surface area contributed by atoms with Gasteiger partial charge in [-0.3, -0.25) is 9.69 Å². The molecular weight excluding hydrogens is 391 g/mol. The van der Waals surface area contributed by atoms with Crippen molar-refractivity contribution in [2.45, 2.75) is 65.2 Å². The minimum Gasteiger partial charge on any atom is -0.317 e. The van der Waals surface area contributed by atoms with E-state index in [0.717, 1.165) is 19.3 Å². The highest BCUT2D eigenvalue weighted by Crippen LogP contribution is 2.39. The lowest BCUT2D eigenvalue weighted by molar-refractivity contribution is -0.138. The Hall–Kier alpha value is -2.59. The first-order valence-electron chi connectivity index (χ1n) is 10.2. The molecule has 1 aliphatic heterocycles. The Morgan fingerprint density at radius 1 is 1.17 bits per heavy atom. The van der Waals surface area contributed by atoms with Gasteiger partial charge in [0.25, 0.3) is 0 Å². The molecule has 1 aromatic carbocycles. The summed E-state index contributed by atoms with van der Waals surface area (Å²) in [4.78, 5) is 15.2. The van der Waals surface area contributed by atoms with E-state index in [1.165, 1.54) is 11.5 Å². The number of hydrogen-bond donors (Lipinski definition) is 0. The highest BCUT2D eigenvalue weighted by Gasteiger charge is 2.42. The van der Waals surface area contributed by atoms with Gasteiger partial charge < -0.3 is 4.57 Å². The monoisotopic (exact) mass is 417 g/mol. The van der Waals surface area contributed by atoms with Gasteiger partial charge in [-0.15, -0.1) is 0 Å². The smallest absolute Gasteiger partial charge is 0.317 e. The molecule has 0 saturated carbocycles. The summed E-state index contributed by atoms with van der Waals surface area (Å²) in [6.07, 6.45) is -1.87. The van der Waals surface area contributed by atoms with Crippen molar-refractivity contribution in [3.63, 3.8) is 0 Å². The van der Waals surface area contributed by atoms with Crippen molar-refractivity contribution in [3.05, 3.63) is 52.3 Å². The number of rotatable bonds is 5. The summed E-state index contributed by atoms with van der Waals surface area (Å²) in [6, 6.07) is 8.71. The second kappa shape index (κ2) is 8.27. The fourth-order valence-electron chi connectivity index (χ4n) is 4.69. The third-order valence-corrected chi connectivity index (χ3v) is 6.21. The number of halogens is 3. The predicted octanol–water partition coefficient (Wildman–Crippen LogP) is 5.43. The zero-order chi connectivity index (χ0) is 22.2. The summed E-state index contributed by atoms with van der Waals surface area (Å²) >= 11 is 0. The molecule has 0 spiro atoms. The van der Waals surface area contributed by atoms with E-state index in [0.29, 0.717) is 11.3 Å². The standard InChI is InChI=1S/C23H26F3N3O/c1-5-18-9-6-14(2)28(18)13-20(30)21-15(3)29(16(4)22(21)23(24,25)26)19-10-7-17(12-27)8-11-19/h7-8,10-11,14,18H,5-6,9,13H2,1-4H3. The van der Waals surface area contributed by atoms with Crippen molar-refractivity contribution in [2.24, 2.45) is 0 Å². The maximum Gasteiger partial charge on any atom is 0.418 e. The number of aromatic nitrogens is 1.